The Bertz CT molecular complexity index is 693. The first-order chi connectivity index (χ1) is 11.6. The lowest BCUT2D eigenvalue weighted by Crippen LogP contribution is -2.45. The quantitative estimate of drug-likeness (QED) is 0.875. The van der Waals surface area contributed by atoms with Gasteiger partial charge in [-0.15, -0.1) is 0 Å². The molecule has 2 rings (SSSR count). The molecule has 0 radical (unpaired) electrons. The third kappa shape index (κ3) is 4.71. The Labute approximate surface area is 147 Å². The average molecular weight is 348 g/mol. The summed E-state index contributed by atoms with van der Waals surface area (Å²) >= 11 is 0. The molecule has 2 amide bonds. The molecule has 2 N–H and O–H groups in total. The fourth-order valence-electron chi connectivity index (χ4n) is 2.68. The Morgan fingerprint density at radius 2 is 1.96 bits per heavy atom. The molecule has 1 aliphatic rings. The number of nitrogens with one attached hydrogen (secondary N) is 1. The number of hydrogen-bond donors (Lipinski definition) is 2. The number of anilines is 1. The molecule has 136 valence electrons. The first-order valence-electron chi connectivity index (χ1n) is 8.23. The summed E-state index contributed by atoms with van der Waals surface area (Å²) in [6, 6.07) is 3.92. The van der Waals surface area contributed by atoms with E-state index < -0.39 is 23.7 Å². The number of aryl methyl sites for hydroxylation is 1. The maximum Gasteiger partial charge on any atom is 0.410 e. The van der Waals surface area contributed by atoms with Crippen molar-refractivity contribution in [1.29, 1.82) is 0 Å². The van der Waals surface area contributed by atoms with E-state index in [1.807, 2.05) is 0 Å². The van der Waals surface area contributed by atoms with Crippen LogP contribution in [0.15, 0.2) is 18.2 Å². The van der Waals surface area contributed by atoms with Crippen molar-refractivity contribution in [2.45, 2.75) is 52.2 Å². The lowest BCUT2D eigenvalue weighted by Gasteiger charge is -2.28. The standard InChI is InChI=1S/C18H24N2O5/c1-11-7-8-12(16(22)23)10-13(11)19-15(21)14-6-5-9-20(14)17(24)25-18(2,3)4/h7-8,10,14H,5-6,9H2,1-4H3,(H,19,21)(H,22,23)/t14-/m0/s1. The highest BCUT2D eigenvalue weighted by Crippen LogP contribution is 2.23. The van der Waals surface area contributed by atoms with Crippen LogP contribution in [0.2, 0.25) is 0 Å². The average Bonchev–Trinajstić information content (AvgIpc) is 2.97. The molecule has 0 spiro atoms. The predicted octanol–water partition coefficient (Wildman–Crippen LogP) is 3.03. The largest absolute Gasteiger partial charge is 0.478 e. The van der Waals surface area contributed by atoms with E-state index in [9.17, 15) is 14.4 Å². The molecule has 1 fully saturated rings. The van der Waals surface area contributed by atoms with Crippen LogP contribution >= 0.6 is 0 Å². The van der Waals surface area contributed by atoms with Crippen LogP contribution in [0.1, 0.15) is 49.5 Å². The molecule has 1 heterocycles. The zero-order valence-electron chi connectivity index (χ0n) is 15.0. The van der Waals surface area contributed by atoms with Gasteiger partial charge in [0.25, 0.3) is 0 Å². The lowest BCUT2D eigenvalue weighted by molar-refractivity contribution is -0.120. The summed E-state index contributed by atoms with van der Waals surface area (Å²) in [5, 5.41) is 11.8. The van der Waals surface area contributed by atoms with E-state index in [0.717, 1.165) is 5.56 Å². The summed E-state index contributed by atoms with van der Waals surface area (Å²) < 4.78 is 5.36. The molecule has 0 aliphatic carbocycles. The Balaban J connectivity index is 2.13. The van der Waals surface area contributed by atoms with Crippen molar-refractivity contribution in [2.75, 3.05) is 11.9 Å². The molecule has 7 nitrogen and oxygen atoms in total. The Hall–Kier alpha value is -2.57. The second-order valence-corrected chi connectivity index (χ2v) is 7.16. The molecule has 0 saturated carbocycles. The van der Waals surface area contributed by atoms with Gasteiger partial charge in [-0.3, -0.25) is 9.69 Å². The number of ether oxygens (including phenoxy) is 1. The van der Waals surface area contributed by atoms with Gasteiger partial charge in [0.15, 0.2) is 0 Å². The Morgan fingerprint density at radius 3 is 2.56 bits per heavy atom. The van der Waals surface area contributed by atoms with Gasteiger partial charge in [0.05, 0.1) is 5.56 Å². The fourth-order valence-corrected chi connectivity index (χ4v) is 2.68. The number of carbonyl (C=O) groups excluding carboxylic acids is 2. The minimum atomic E-state index is -1.06. The second-order valence-electron chi connectivity index (χ2n) is 7.16. The van der Waals surface area contributed by atoms with Gasteiger partial charge < -0.3 is 15.2 Å². The molecule has 0 unspecified atom stereocenters. The number of amides is 2. The van der Waals surface area contributed by atoms with Crippen LogP contribution in [0.5, 0.6) is 0 Å². The van der Waals surface area contributed by atoms with Crippen LogP contribution in [0, 0.1) is 6.92 Å². The number of rotatable bonds is 3. The summed E-state index contributed by atoms with van der Waals surface area (Å²) in [5.41, 5.74) is 0.644. The van der Waals surface area contributed by atoms with Crippen LogP contribution in [0.25, 0.3) is 0 Å². The van der Waals surface area contributed by atoms with Crippen molar-refractivity contribution in [3.63, 3.8) is 0 Å². The third-order valence-electron chi connectivity index (χ3n) is 3.93. The van der Waals surface area contributed by atoms with Gasteiger partial charge in [-0.2, -0.15) is 0 Å². The number of nitrogens with zero attached hydrogens (tertiary/aromatic N) is 1. The number of hydrogen-bond acceptors (Lipinski definition) is 4. The molecule has 1 aromatic carbocycles. The van der Waals surface area contributed by atoms with Gasteiger partial charge in [0.1, 0.15) is 11.6 Å². The third-order valence-corrected chi connectivity index (χ3v) is 3.93. The maximum atomic E-state index is 12.6. The van der Waals surface area contributed by atoms with Crippen LogP contribution in [-0.4, -0.2) is 46.2 Å². The zero-order valence-corrected chi connectivity index (χ0v) is 15.0. The fraction of sp³-hybridized carbons (Fsp3) is 0.500. The molecule has 1 saturated heterocycles. The highest BCUT2D eigenvalue weighted by Gasteiger charge is 2.36. The van der Waals surface area contributed by atoms with E-state index in [4.69, 9.17) is 9.84 Å². The SMILES string of the molecule is Cc1ccc(C(=O)O)cc1NC(=O)[C@@H]1CCCN1C(=O)OC(C)(C)C. The van der Waals surface area contributed by atoms with Crippen molar-refractivity contribution in [3.05, 3.63) is 29.3 Å². The molecule has 1 aliphatic heterocycles. The van der Waals surface area contributed by atoms with Crippen molar-refractivity contribution >= 4 is 23.7 Å². The zero-order chi connectivity index (χ0) is 18.8. The van der Waals surface area contributed by atoms with E-state index in [1.165, 1.54) is 17.0 Å². The number of aromatic carboxylic acids is 1. The van der Waals surface area contributed by atoms with E-state index in [1.54, 1.807) is 33.8 Å². The Kier molecular flexibility index (Phi) is 5.35. The monoisotopic (exact) mass is 348 g/mol. The van der Waals surface area contributed by atoms with Crippen molar-refractivity contribution in [3.8, 4) is 0 Å². The highest BCUT2D eigenvalue weighted by molar-refractivity contribution is 5.98. The van der Waals surface area contributed by atoms with E-state index in [0.29, 0.717) is 25.1 Å². The predicted molar refractivity (Wildman–Crippen MR) is 92.7 cm³/mol. The molecule has 1 atom stereocenters. The number of carboxylic acid groups (broad SMARTS) is 1. The van der Waals surface area contributed by atoms with Crippen molar-refractivity contribution in [1.82, 2.24) is 4.90 Å². The molecule has 7 heteroatoms. The first-order valence-corrected chi connectivity index (χ1v) is 8.23. The number of benzene rings is 1. The second kappa shape index (κ2) is 7.13. The van der Waals surface area contributed by atoms with E-state index in [2.05, 4.69) is 5.32 Å². The van der Waals surface area contributed by atoms with Crippen LogP contribution in [0.4, 0.5) is 10.5 Å². The summed E-state index contributed by atoms with van der Waals surface area (Å²) in [5.74, 6) is -1.40. The normalized spacial score (nSPS) is 17.3. The Morgan fingerprint density at radius 1 is 1.28 bits per heavy atom. The lowest BCUT2D eigenvalue weighted by atomic mass is 10.1. The van der Waals surface area contributed by atoms with Crippen LogP contribution in [0.3, 0.4) is 0 Å². The topological polar surface area (TPSA) is 95.9 Å². The van der Waals surface area contributed by atoms with E-state index >= 15 is 0 Å². The minimum absolute atomic E-state index is 0.0938. The van der Waals surface area contributed by atoms with Gasteiger partial charge >= 0.3 is 12.1 Å². The van der Waals surface area contributed by atoms with Gasteiger partial charge in [0.2, 0.25) is 5.91 Å². The number of likely N-dealkylation sites (tertiary alicyclic amines) is 1. The molecule has 1 aromatic rings. The molecular formula is C18H24N2O5. The first kappa shape index (κ1) is 18.8. The number of carboxylic acids is 1. The summed E-state index contributed by atoms with van der Waals surface area (Å²) in [7, 11) is 0. The molecule has 25 heavy (non-hydrogen) atoms. The highest BCUT2D eigenvalue weighted by atomic mass is 16.6. The minimum Gasteiger partial charge on any atom is -0.478 e. The van der Waals surface area contributed by atoms with Gasteiger partial charge in [0, 0.05) is 12.2 Å². The van der Waals surface area contributed by atoms with Gasteiger partial charge in [-0.05, 0) is 58.2 Å². The summed E-state index contributed by atoms with van der Waals surface area (Å²) in [6.45, 7) is 7.56. The molecule has 0 aromatic heterocycles. The van der Waals surface area contributed by atoms with Gasteiger partial charge in [-0.25, -0.2) is 9.59 Å². The van der Waals surface area contributed by atoms with Crippen molar-refractivity contribution in [2.24, 2.45) is 0 Å². The summed E-state index contributed by atoms with van der Waals surface area (Å²) in [4.78, 5) is 37.4. The van der Waals surface area contributed by atoms with Crippen LogP contribution < -0.4 is 5.32 Å². The smallest absolute Gasteiger partial charge is 0.410 e. The van der Waals surface area contributed by atoms with E-state index in [-0.39, 0.29) is 11.5 Å². The molecular weight excluding hydrogens is 324 g/mol. The van der Waals surface area contributed by atoms with Crippen molar-refractivity contribution < 1.29 is 24.2 Å². The van der Waals surface area contributed by atoms with Crippen LogP contribution in [-0.2, 0) is 9.53 Å². The maximum absolute atomic E-state index is 12.6. The number of carbonyl (C=O) groups is 3. The summed E-state index contributed by atoms with van der Waals surface area (Å²) in [6.07, 6.45) is 0.745. The molecule has 0 bridgehead atoms. The van der Waals surface area contributed by atoms with Gasteiger partial charge in [-0.1, -0.05) is 6.07 Å².